The number of nitrogens with one attached hydrogen (secondary N) is 4. The fourth-order valence-corrected chi connectivity index (χ4v) is 8.42. The molecule has 322 valence electrons. The van der Waals surface area contributed by atoms with Crippen LogP contribution < -0.4 is 27.0 Å². The van der Waals surface area contributed by atoms with E-state index in [9.17, 15) is 32.3 Å². The number of hydrogen-bond acceptors (Lipinski definition) is 10. The monoisotopic (exact) mass is 817 g/mol. The zero-order chi connectivity index (χ0) is 41.8. The largest absolute Gasteiger partial charge is 0.416 e. The number of halogens is 3. The van der Waals surface area contributed by atoms with E-state index in [2.05, 4.69) is 57.0 Å². The number of hydrogen-bond donors (Lipinski definition) is 5. The number of nitrogens with two attached hydrogens (primary N) is 1. The molecule has 2 aromatic rings. The van der Waals surface area contributed by atoms with Crippen LogP contribution in [0, 0.1) is 5.92 Å². The van der Waals surface area contributed by atoms with Gasteiger partial charge in [0.25, 0.3) is 0 Å². The van der Waals surface area contributed by atoms with E-state index in [1.165, 1.54) is 12.4 Å². The molecule has 0 bridgehead atoms. The van der Waals surface area contributed by atoms with Gasteiger partial charge >= 0.3 is 6.18 Å². The molecule has 17 heteroatoms. The second-order valence-corrected chi connectivity index (χ2v) is 16.3. The van der Waals surface area contributed by atoms with Gasteiger partial charge in [0.05, 0.1) is 23.2 Å². The number of rotatable bonds is 19. The van der Waals surface area contributed by atoms with Gasteiger partial charge in [0.1, 0.15) is 18.2 Å². The zero-order valence-corrected chi connectivity index (χ0v) is 34.1. The van der Waals surface area contributed by atoms with Crippen molar-refractivity contribution in [1.29, 1.82) is 0 Å². The van der Waals surface area contributed by atoms with E-state index in [-0.39, 0.29) is 77.8 Å². The fourth-order valence-electron chi connectivity index (χ4n) is 8.42. The minimum absolute atomic E-state index is 0.0325. The molecule has 5 rings (SSSR count). The van der Waals surface area contributed by atoms with Crippen molar-refractivity contribution in [2.45, 2.75) is 140 Å². The number of benzene rings is 1. The summed E-state index contributed by atoms with van der Waals surface area (Å²) >= 11 is 0. The van der Waals surface area contributed by atoms with Crippen molar-refractivity contribution < 1.29 is 37.1 Å². The Bertz CT molecular complexity index is 1690. The molecular weight excluding hydrogens is 756 g/mol. The zero-order valence-electron chi connectivity index (χ0n) is 34.1. The van der Waals surface area contributed by atoms with Crippen LogP contribution in [0.1, 0.15) is 103 Å². The van der Waals surface area contributed by atoms with Crippen LogP contribution in [-0.2, 0) is 30.1 Å². The Balaban J connectivity index is 1.11. The quantitative estimate of drug-likeness (QED) is 0.129. The summed E-state index contributed by atoms with van der Waals surface area (Å²) in [5, 5.41) is 12.6. The topological polar surface area (TPSA) is 184 Å². The van der Waals surface area contributed by atoms with Crippen molar-refractivity contribution in [3.05, 3.63) is 30.1 Å². The van der Waals surface area contributed by atoms with E-state index in [1.54, 1.807) is 0 Å². The molecule has 4 amide bonds. The standard InChI is InChI=1S/C41H62F3N9O5/c1-26(2)52(3)30-14-16-35(53-20-17-33(40(53)57)50-38-31-23-28(41(42,43)44)11-15-32(31)47-25-48-38)34(24-30)51-39(56)27-9-12-29(13-10-27)49-37(55)8-4-7-36(54)46-19-6-22-58-21-5-18-45/h11,15,23,25-27,29-30,33-35H,4-10,12-14,16-22,24,45H2,1-3H3,(H,46,54)(H,49,55)(H,51,56)(H,47,48,50)/t27?,29?,30-,33+,34-,35+/m1/s1. The first-order valence-electron chi connectivity index (χ1n) is 21.0. The van der Waals surface area contributed by atoms with Gasteiger partial charge in [-0.15, -0.1) is 0 Å². The predicted molar refractivity (Wildman–Crippen MR) is 214 cm³/mol. The summed E-state index contributed by atoms with van der Waals surface area (Å²) in [5.74, 6) is -0.448. The molecule has 6 N–H and O–H groups in total. The van der Waals surface area contributed by atoms with E-state index in [0.29, 0.717) is 95.8 Å². The number of aromatic nitrogens is 2. The number of likely N-dealkylation sites (tertiary alicyclic amines) is 1. The van der Waals surface area contributed by atoms with Gasteiger partial charge in [0, 0.05) is 68.6 Å². The van der Waals surface area contributed by atoms with Crippen LogP contribution in [0.4, 0.5) is 19.0 Å². The Kier molecular flexibility index (Phi) is 16.5. The first kappa shape index (κ1) is 45.0. The predicted octanol–water partition coefficient (Wildman–Crippen LogP) is 4.12. The Morgan fingerprint density at radius 1 is 0.966 bits per heavy atom. The van der Waals surface area contributed by atoms with Crippen LogP contribution in [0.15, 0.2) is 24.5 Å². The van der Waals surface area contributed by atoms with Crippen molar-refractivity contribution in [2.24, 2.45) is 11.7 Å². The highest BCUT2D eigenvalue weighted by molar-refractivity contribution is 5.93. The van der Waals surface area contributed by atoms with E-state index < -0.39 is 17.8 Å². The molecule has 4 atom stereocenters. The third kappa shape index (κ3) is 12.5. The number of nitrogens with zero attached hydrogens (tertiary/aromatic N) is 4. The maximum atomic E-state index is 14.0. The molecule has 3 fully saturated rings. The van der Waals surface area contributed by atoms with E-state index in [1.807, 2.05) is 4.90 Å². The van der Waals surface area contributed by atoms with Gasteiger partial charge in [-0.3, -0.25) is 19.2 Å². The molecular formula is C41H62F3N9O5. The molecule has 1 saturated heterocycles. The van der Waals surface area contributed by atoms with Crippen LogP contribution >= 0.6 is 0 Å². The SMILES string of the molecule is CC(C)N(C)[C@@H]1CC[C@H](N2CC[C@H](Nc3ncnc4ccc(C(F)(F)F)cc34)C2=O)[C@H](NC(=O)C2CCC(NC(=O)CCCC(=O)NCCCOCCCN)CC2)C1. The minimum Gasteiger partial charge on any atom is -0.381 e. The molecule has 14 nitrogen and oxygen atoms in total. The van der Waals surface area contributed by atoms with Gasteiger partial charge in [-0.1, -0.05) is 0 Å². The van der Waals surface area contributed by atoms with E-state index >= 15 is 0 Å². The average Bonchev–Trinajstić information content (AvgIpc) is 3.55. The number of amides is 4. The first-order valence-corrected chi connectivity index (χ1v) is 21.0. The Morgan fingerprint density at radius 2 is 1.71 bits per heavy atom. The van der Waals surface area contributed by atoms with Crippen molar-refractivity contribution >= 4 is 40.3 Å². The lowest BCUT2D eigenvalue weighted by atomic mass is 9.82. The second-order valence-electron chi connectivity index (χ2n) is 16.3. The smallest absolute Gasteiger partial charge is 0.381 e. The summed E-state index contributed by atoms with van der Waals surface area (Å²) < 4.78 is 46.0. The van der Waals surface area contributed by atoms with Crippen molar-refractivity contribution in [2.75, 3.05) is 45.2 Å². The highest BCUT2D eigenvalue weighted by Gasteiger charge is 2.44. The Morgan fingerprint density at radius 3 is 2.43 bits per heavy atom. The van der Waals surface area contributed by atoms with Gasteiger partial charge < -0.3 is 41.5 Å². The first-order chi connectivity index (χ1) is 27.7. The lowest BCUT2D eigenvalue weighted by molar-refractivity contribution is -0.137. The number of carbonyl (C=O) groups excluding carboxylic acids is 4. The highest BCUT2D eigenvalue weighted by Crippen LogP contribution is 2.35. The summed E-state index contributed by atoms with van der Waals surface area (Å²) in [6, 6.07) is 2.55. The van der Waals surface area contributed by atoms with Crippen LogP contribution in [0.2, 0.25) is 0 Å². The Labute approximate surface area is 339 Å². The number of ether oxygens (including phenoxy) is 1. The van der Waals surface area contributed by atoms with Crippen LogP contribution in [-0.4, -0.2) is 120 Å². The maximum Gasteiger partial charge on any atom is 0.416 e. The molecule has 1 aromatic carbocycles. The second kappa shape index (κ2) is 21.3. The van der Waals surface area contributed by atoms with E-state index in [0.717, 1.165) is 31.4 Å². The lowest BCUT2D eigenvalue weighted by Gasteiger charge is -2.45. The number of carbonyl (C=O) groups is 4. The van der Waals surface area contributed by atoms with Crippen LogP contribution in [0.25, 0.3) is 10.9 Å². The number of anilines is 1. The molecule has 0 unspecified atom stereocenters. The van der Waals surface area contributed by atoms with Crippen LogP contribution in [0.5, 0.6) is 0 Å². The molecule has 2 aliphatic carbocycles. The summed E-state index contributed by atoms with van der Waals surface area (Å²) in [4.78, 5) is 65.1. The van der Waals surface area contributed by atoms with Gasteiger partial charge in [0.15, 0.2) is 0 Å². The molecule has 2 heterocycles. The van der Waals surface area contributed by atoms with Crippen molar-refractivity contribution in [3.8, 4) is 0 Å². The maximum absolute atomic E-state index is 14.0. The van der Waals surface area contributed by atoms with Crippen molar-refractivity contribution in [3.63, 3.8) is 0 Å². The average molecular weight is 818 g/mol. The number of alkyl halides is 3. The third-order valence-corrected chi connectivity index (χ3v) is 12.0. The van der Waals surface area contributed by atoms with Crippen LogP contribution in [0.3, 0.4) is 0 Å². The third-order valence-electron chi connectivity index (χ3n) is 12.0. The summed E-state index contributed by atoms with van der Waals surface area (Å²) in [5.41, 5.74) is 4.96. The molecule has 2 saturated carbocycles. The molecule has 58 heavy (non-hydrogen) atoms. The molecule has 0 spiro atoms. The van der Waals surface area contributed by atoms with Gasteiger partial charge in [0.2, 0.25) is 23.6 Å². The fraction of sp³-hybridized carbons (Fsp3) is 0.707. The lowest BCUT2D eigenvalue weighted by Crippen LogP contribution is -2.59. The molecule has 1 aliphatic heterocycles. The van der Waals surface area contributed by atoms with Crippen molar-refractivity contribution in [1.82, 2.24) is 35.7 Å². The normalized spacial score (nSPS) is 24.0. The Hall–Kier alpha value is -4.09. The summed E-state index contributed by atoms with van der Waals surface area (Å²) in [6.45, 7) is 7.00. The summed E-state index contributed by atoms with van der Waals surface area (Å²) in [6.07, 6.45) is 4.49. The van der Waals surface area contributed by atoms with Gasteiger partial charge in [-0.05, 0) is 116 Å². The minimum atomic E-state index is -4.54. The van der Waals surface area contributed by atoms with Gasteiger partial charge in [-0.25, -0.2) is 9.97 Å². The highest BCUT2D eigenvalue weighted by atomic mass is 19.4. The van der Waals surface area contributed by atoms with E-state index in [4.69, 9.17) is 10.5 Å². The molecule has 3 aliphatic rings. The molecule has 0 radical (unpaired) electrons. The number of fused-ring (bicyclic) bond motifs is 1. The molecule has 1 aromatic heterocycles. The van der Waals surface area contributed by atoms with Gasteiger partial charge in [-0.2, -0.15) is 13.2 Å². The summed E-state index contributed by atoms with van der Waals surface area (Å²) in [7, 11) is 2.08.